The summed E-state index contributed by atoms with van der Waals surface area (Å²) in [4.78, 5) is 2.46. The van der Waals surface area contributed by atoms with E-state index in [-0.39, 0.29) is 18.0 Å². The Bertz CT molecular complexity index is 485. The summed E-state index contributed by atoms with van der Waals surface area (Å²) in [6.45, 7) is 2.79. The van der Waals surface area contributed by atoms with Gasteiger partial charge in [0.1, 0.15) is 5.82 Å². The van der Waals surface area contributed by atoms with Crippen LogP contribution in [0.5, 0.6) is 0 Å². The van der Waals surface area contributed by atoms with Crippen LogP contribution in [0.1, 0.15) is 18.4 Å². The van der Waals surface area contributed by atoms with Crippen LogP contribution >= 0.6 is 15.9 Å². The van der Waals surface area contributed by atoms with Gasteiger partial charge in [-0.1, -0.05) is 22.0 Å². The summed E-state index contributed by atoms with van der Waals surface area (Å²) in [5.74, 6) is -0.204. The van der Waals surface area contributed by atoms with Gasteiger partial charge in [0.15, 0.2) is 0 Å². The molecule has 2 N–H and O–H groups in total. The number of nitrogens with zero attached hydrogens (tertiary/aromatic N) is 1. The summed E-state index contributed by atoms with van der Waals surface area (Å²) >= 11 is 3.27. The van der Waals surface area contributed by atoms with Gasteiger partial charge in [-0.05, 0) is 43.5 Å². The van der Waals surface area contributed by atoms with Crippen LogP contribution < -0.4 is 5.73 Å². The van der Waals surface area contributed by atoms with Crippen LogP contribution in [0.25, 0.3) is 0 Å². The number of rotatable bonds is 3. The topological polar surface area (TPSA) is 38.5 Å². The highest BCUT2D eigenvalue weighted by Gasteiger charge is 2.34. The van der Waals surface area contributed by atoms with E-state index in [1.807, 2.05) is 6.07 Å². The zero-order chi connectivity index (χ0) is 14.1. The minimum atomic E-state index is -0.204. The number of morpholine rings is 1. The van der Waals surface area contributed by atoms with Gasteiger partial charge in [-0.3, -0.25) is 4.90 Å². The first kappa shape index (κ1) is 14.4. The van der Waals surface area contributed by atoms with Crippen LogP contribution in [0, 0.1) is 5.82 Å². The highest BCUT2D eigenvalue weighted by molar-refractivity contribution is 9.10. The summed E-state index contributed by atoms with van der Waals surface area (Å²) in [6.07, 6.45) is 3.00. The Morgan fingerprint density at radius 3 is 3.15 bits per heavy atom. The Balaban J connectivity index is 1.62. The van der Waals surface area contributed by atoms with Crippen molar-refractivity contribution in [3.63, 3.8) is 0 Å². The minimum absolute atomic E-state index is 0.00685. The molecule has 2 heterocycles. The van der Waals surface area contributed by atoms with Gasteiger partial charge in [0.05, 0.1) is 12.7 Å². The molecule has 3 rings (SSSR count). The van der Waals surface area contributed by atoms with Crippen LogP contribution in [0.15, 0.2) is 22.7 Å². The van der Waals surface area contributed by atoms with E-state index in [0.29, 0.717) is 18.0 Å². The molecule has 2 aliphatic rings. The molecule has 3 nitrogen and oxygen atoms in total. The van der Waals surface area contributed by atoms with Crippen molar-refractivity contribution >= 4 is 15.9 Å². The number of hydrogen-bond acceptors (Lipinski definition) is 3. The Hall–Kier alpha value is -0.490. The van der Waals surface area contributed by atoms with Gasteiger partial charge in [-0.15, -0.1) is 0 Å². The Labute approximate surface area is 127 Å². The molecule has 0 amide bonds. The lowest BCUT2D eigenvalue weighted by Gasteiger charge is -2.37. The van der Waals surface area contributed by atoms with Crippen LogP contribution in [0.4, 0.5) is 4.39 Å². The molecule has 0 bridgehead atoms. The molecule has 0 saturated carbocycles. The van der Waals surface area contributed by atoms with Crippen LogP contribution in [-0.4, -0.2) is 42.8 Å². The van der Waals surface area contributed by atoms with Gasteiger partial charge < -0.3 is 10.5 Å². The van der Waals surface area contributed by atoms with Gasteiger partial charge in [-0.2, -0.15) is 0 Å². The van der Waals surface area contributed by atoms with Crippen molar-refractivity contribution < 1.29 is 9.13 Å². The third-order valence-corrected chi connectivity index (χ3v) is 4.86. The van der Waals surface area contributed by atoms with Gasteiger partial charge in [0.25, 0.3) is 0 Å². The zero-order valence-corrected chi connectivity index (χ0v) is 13.0. The first-order valence-electron chi connectivity index (χ1n) is 7.18. The number of halogens is 2. The lowest BCUT2D eigenvalue weighted by molar-refractivity contribution is -0.0590. The van der Waals surface area contributed by atoms with Gasteiger partial charge in [0.2, 0.25) is 0 Å². The molecule has 3 unspecified atom stereocenters. The summed E-state index contributed by atoms with van der Waals surface area (Å²) in [7, 11) is 0. The Morgan fingerprint density at radius 2 is 2.35 bits per heavy atom. The van der Waals surface area contributed by atoms with E-state index >= 15 is 0 Å². The molecule has 110 valence electrons. The van der Waals surface area contributed by atoms with E-state index in [4.69, 9.17) is 10.5 Å². The van der Waals surface area contributed by atoms with Crippen molar-refractivity contribution in [2.45, 2.75) is 37.5 Å². The first-order valence-corrected chi connectivity index (χ1v) is 7.98. The van der Waals surface area contributed by atoms with Crippen molar-refractivity contribution in [1.82, 2.24) is 4.90 Å². The SMILES string of the molecule is NC(Cc1ccc(Br)cc1F)C1CN2CCCC2CO1. The number of hydrogen-bond donors (Lipinski definition) is 1. The fraction of sp³-hybridized carbons (Fsp3) is 0.600. The molecule has 0 radical (unpaired) electrons. The summed E-state index contributed by atoms with van der Waals surface area (Å²) in [6, 6.07) is 5.54. The van der Waals surface area contributed by atoms with E-state index in [0.717, 1.165) is 24.2 Å². The van der Waals surface area contributed by atoms with Crippen molar-refractivity contribution in [1.29, 1.82) is 0 Å². The molecule has 5 heteroatoms. The molecule has 20 heavy (non-hydrogen) atoms. The predicted molar refractivity (Wildman–Crippen MR) is 80.1 cm³/mol. The maximum absolute atomic E-state index is 13.9. The van der Waals surface area contributed by atoms with E-state index in [2.05, 4.69) is 20.8 Å². The molecule has 0 aliphatic carbocycles. The molecular formula is C15H20BrFN2O. The van der Waals surface area contributed by atoms with Crippen LogP contribution in [0.3, 0.4) is 0 Å². The largest absolute Gasteiger partial charge is 0.374 e. The first-order chi connectivity index (χ1) is 9.63. The quantitative estimate of drug-likeness (QED) is 0.916. The molecule has 1 aromatic rings. The second-order valence-corrected chi connectivity index (χ2v) is 6.68. The number of benzene rings is 1. The Kier molecular flexibility index (Phi) is 4.40. The lowest BCUT2D eigenvalue weighted by Crippen LogP contribution is -2.53. The second kappa shape index (κ2) is 6.10. The van der Waals surface area contributed by atoms with Crippen molar-refractivity contribution in [3.05, 3.63) is 34.1 Å². The molecule has 2 aliphatic heterocycles. The molecule has 2 saturated heterocycles. The average molecular weight is 343 g/mol. The second-order valence-electron chi connectivity index (χ2n) is 5.77. The average Bonchev–Trinajstić information content (AvgIpc) is 2.89. The fourth-order valence-corrected chi connectivity index (χ4v) is 3.51. The molecule has 0 spiro atoms. The minimum Gasteiger partial charge on any atom is -0.374 e. The lowest BCUT2D eigenvalue weighted by atomic mass is 10.00. The normalized spacial score (nSPS) is 28.4. The van der Waals surface area contributed by atoms with Crippen molar-refractivity contribution in [2.24, 2.45) is 5.73 Å². The predicted octanol–water partition coefficient (Wildman–Crippen LogP) is 2.32. The highest BCUT2D eigenvalue weighted by Crippen LogP contribution is 2.24. The standard InChI is InChI=1S/C15H20BrFN2O/c16-11-4-3-10(13(17)7-11)6-14(18)15-8-19-5-1-2-12(19)9-20-15/h3-4,7,12,14-15H,1-2,5-6,8-9,18H2. The van der Waals surface area contributed by atoms with E-state index < -0.39 is 0 Å². The Morgan fingerprint density at radius 1 is 1.50 bits per heavy atom. The maximum Gasteiger partial charge on any atom is 0.127 e. The van der Waals surface area contributed by atoms with Gasteiger partial charge in [0, 0.05) is 23.1 Å². The third kappa shape index (κ3) is 3.06. The summed E-state index contributed by atoms with van der Waals surface area (Å²) in [5.41, 5.74) is 6.90. The highest BCUT2D eigenvalue weighted by atomic mass is 79.9. The van der Waals surface area contributed by atoms with Crippen molar-refractivity contribution in [2.75, 3.05) is 19.7 Å². The monoisotopic (exact) mass is 342 g/mol. The number of ether oxygens (including phenoxy) is 1. The van der Waals surface area contributed by atoms with Crippen LogP contribution in [-0.2, 0) is 11.2 Å². The van der Waals surface area contributed by atoms with E-state index in [9.17, 15) is 4.39 Å². The smallest absolute Gasteiger partial charge is 0.127 e. The molecular weight excluding hydrogens is 323 g/mol. The van der Waals surface area contributed by atoms with E-state index in [1.165, 1.54) is 18.9 Å². The van der Waals surface area contributed by atoms with Gasteiger partial charge >= 0.3 is 0 Å². The maximum atomic E-state index is 13.9. The molecule has 1 aromatic carbocycles. The van der Waals surface area contributed by atoms with Gasteiger partial charge in [-0.25, -0.2) is 4.39 Å². The molecule has 2 fully saturated rings. The fourth-order valence-electron chi connectivity index (χ4n) is 3.17. The summed E-state index contributed by atoms with van der Waals surface area (Å²) in [5, 5.41) is 0. The van der Waals surface area contributed by atoms with E-state index in [1.54, 1.807) is 6.07 Å². The zero-order valence-electron chi connectivity index (χ0n) is 11.4. The number of nitrogens with two attached hydrogens (primary N) is 1. The molecule has 0 aromatic heterocycles. The third-order valence-electron chi connectivity index (χ3n) is 4.36. The summed E-state index contributed by atoms with van der Waals surface area (Å²) < 4.78 is 20.5. The molecule has 3 atom stereocenters. The van der Waals surface area contributed by atoms with Crippen LogP contribution in [0.2, 0.25) is 0 Å². The number of fused-ring (bicyclic) bond motifs is 1. The van der Waals surface area contributed by atoms with Crippen molar-refractivity contribution in [3.8, 4) is 0 Å².